The summed E-state index contributed by atoms with van der Waals surface area (Å²) in [6, 6.07) is 0. The van der Waals surface area contributed by atoms with Gasteiger partial charge in [-0.05, 0) is 103 Å². The summed E-state index contributed by atoms with van der Waals surface area (Å²) in [5, 5.41) is 80.2. The van der Waals surface area contributed by atoms with Crippen molar-refractivity contribution >= 4 is 143 Å². The van der Waals surface area contributed by atoms with Crippen molar-refractivity contribution in [1.29, 1.82) is 0 Å². The Balaban J connectivity index is -0.0000000880. The summed E-state index contributed by atoms with van der Waals surface area (Å²) < 4.78 is 0. The molecule has 100 heavy (non-hydrogen) atoms. The molecule has 0 bridgehead atoms. The molecule has 0 N–H and O–H groups in total. The van der Waals surface area contributed by atoms with Crippen molar-refractivity contribution in [2.24, 2.45) is 0 Å². The standard InChI is InChI=1S/8C10H20O2.4Sn.8H/c8*1-2-3-4-5-6-7-8-9-10(11)12;;;;;;;;;;;;/h8*2-9H2,1H3,(H,11,12);;;;;;;;;;;;/q;;;;;;;;4*+2;;;;;;;;/p-8. The van der Waals surface area contributed by atoms with Gasteiger partial charge in [0.05, 0.1) is 0 Å². The average Bonchev–Trinajstić information content (AvgIpc) is 3.60. The Labute approximate surface area is 683 Å². The van der Waals surface area contributed by atoms with Gasteiger partial charge in [-0.3, -0.25) is 0 Å². The van der Waals surface area contributed by atoms with Crippen LogP contribution in [0.5, 0.6) is 0 Å². The molecule has 592 valence electrons. The summed E-state index contributed by atoms with van der Waals surface area (Å²) in [4.78, 5) is 80.2. The van der Waals surface area contributed by atoms with E-state index in [1.54, 1.807) is 0 Å². The maximum atomic E-state index is 10.0. The summed E-state index contributed by atoms with van der Waals surface area (Å²) in [6.45, 7) is 17.5. The van der Waals surface area contributed by atoms with Crippen LogP contribution in [-0.4, -0.2) is 143 Å². The molecule has 0 heterocycles. The molecule has 0 aliphatic carbocycles. The average molecular weight is 1850 g/mol. The fraction of sp³-hybridized carbons (Fsp3) is 0.900. The van der Waals surface area contributed by atoms with Gasteiger partial charge < -0.3 is 79.2 Å². The number of carbonyl (C=O) groups is 8. The van der Waals surface area contributed by atoms with Crippen LogP contribution in [-0.2, 0) is 38.4 Å². The fourth-order valence-corrected chi connectivity index (χ4v) is 9.81. The zero-order valence-corrected chi connectivity index (χ0v) is 82.8. The molecule has 0 aliphatic heterocycles. The van der Waals surface area contributed by atoms with E-state index < -0.39 is 47.8 Å². The second-order valence-electron chi connectivity index (χ2n) is 25.9. The molecule has 0 saturated heterocycles. The zero-order valence-electron chi connectivity index (χ0n) is 66.6. The minimum absolute atomic E-state index is 0. The van der Waals surface area contributed by atoms with E-state index in [2.05, 4.69) is 55.4 Å². The van der Waals surface area contributed by atoms with Gasteiger partial charge >= 0.3 is 95.6 Å². The first-order valence-electron chi connectivity index (χ1n) is 39.8. The van der Waals surface area contributed by atoms with Crippen LogP contribution in [0.1, 0.15) is 466 Å². The Hall–Kier alpha value is -1.05. The molecular formula is C80H160O16Sn4. The number of hydrogen-bond acceptors (Lipinski definition) is 16. The first kappa shape index (κ1) is 126. The van der Waals surface area contributed by atoms with E-state index >= 15 is 0 Å². The molecule has 0 amide bonds. The third-order valence-corrected chi connectivity index (χ3v) is 15.9. The molecule has 0 fully saturated rings. The summed E-state index contributed by atoms with van der Waals surface area (Å²) in [6.07, 6.45) is 66.7. The van der Waals surface area contributed by atoms with Crippen LogP contribution in [0.3, 0.4) is 0 Å². The van der Waals surface area contributed by atoms with Crippen LogP contribution in [0.15, 0.2) is 0 Å². The molecule has 0 radical (unpaired) electrons. The van der Waals surface area contributed by atoms with Crippen molar-refractivity contribution in [2.75, 3.05) is 0 Å². The van der Waals surface area contributed by atoms with Crippen LogP contribution in [0.2, 0.25) is 0 Å². The molecule has 0 atom stereocenters. The van der Waals surface area contributed by atoms with Gasteiger partial charge in [-0.15, -0.1) is 0 Å². The van der Waals surface area contributed by atoms with Gasteiger partial charge in [-0.2, -0.15) is 0 Å². The molecular weight excluding hydrogens is 1690 g/mol. The van der Waals surface area contributed by atoms with Crippen LogP contribution >= 0.6 is 0 Å². The van der Waals surface area contributed by atoms with Crippen molar-refractivity contribution in [2.45, 2.75) is 466 Å². The Morgan fingerprint density at radius 1 is 0.130 bits per heavy atom. The number of carbonyl (C=O) groups excluding carboxylic acids is 8. The maximum absolute atomic E-state index is 10.0. The molecule has 0 aromatic heterocycles. The molecule has 0 aromatic carbocycles. The Kier molecular flexibility index (Phi) is 153. The summed E-state index contributed by atoms with van der Waals surface area (Å²) in [7, 11) is 0. The molecule has 0 rings (SSSR count). The van der Waals surface area contributed by atoms with E-state index in [-0.39, 0.29) is 147 Å². The Bertz CT molecular complexity index is 1240. The quantitative estimate of drug-likeness (QED) is 0.0403. The minimum atomic E-state index is -0.913. The van der Waals surface area contributed by atoms with Crippen molar-refractivity contribution in [3.63, 3.8) is 0 Å². The molecule has 0 saturated carbocycles. The van der Waals surface area contributed by atoms with Crippen LogP contribution < -0.4 is 40.9 Å². The zero-order chi connectivity index (χ0) is 73.9. The van der Waals surface area contributed by atoms with Crippen molar-refractivity contribution in [3.05, 3.63) is 0 Å². The first-order valence-corrected chi connectivity index (χ1v) is 39.8. The molecule has 0 aromatic rings. The number of rotatable bonds is 64. The summed E-state index contributed by atoms with van der Waals surface area (Å²) >= 11 is 0. The van der Waals surface area contributed by atoms with Gasteiger partial charge in [0.25, 0.3) is 0 Å². The normalized spacial score (nSPS) is 9.68. The number of carboxylic acids is 8. The van der Waals surface area contributed by atoms with Gasteiger partial charge in [0.1, 0.15) is 0 Å². The van der Waals surface area contributed by atoms with Crippen LogP contribution in [0.4, 0.5) is 0 Å². The number of hydrogen-bond donors (Lipinski definition) is 0. The number of aliphatic carboxylic acids is 8. The topological polar surface area (TPSA) is 321 Å². The van der Waals surface area contributed by atoms with Gasteiger partial charge in [-0.25, -0.2) is 0 Å². The Morgan fingerprint density at radius 2 is 0.190 bits per heavy atom. The van der Waals surface area contributed by atoms with E-state index in [1.165, 1.54) is 257 Å². The van der Waals surface area contributed by atoms with E-state index in [0.29, 0.717) is 0 Å². The summed E-state index contributed by atoms with van der Waals surface area (Å²) in [5.74, 6) is -7.31. The van der Waals surface area contributed by atoms with Crippen LogP contribution in [0, 0.1) is 0 Å². The molecule has 0 aliphatic rings. The van der Waals surface area contributed by atoms with E-state index in [1.807, 2.05) is 0 Å². The predicted molar refractivity (Wildman–Crippen MR) is 415 cm³/mol. The van der Waals surface area contributed by atoms with Gasteiger partial charge in [0.15, 0.2) is 0 Å². The first-order chi connectivity index (χ1) is 46.2. The van der Waals surface area contributed by atoms with Gasteiger partial charge in [-0.1, -0.05) is 364 Å². The molecule has 16 nitrogen and oxygen atoms in total. The third-order valence-electron chi connectivity index (χ3n) is 15.9. The molecule has 0 spiro atoms. The Morgan fingerprint density at radius 3 is 0.250 bits per heavy atom. The predicted octanol–water partition coefficient (Wildman–Crippen LogP) is 11.4. The van der Waals surface area contributed by atoms with E-state index in [9.17, 15) is 79.2 Å². The van der Waals surface area contributed by atoms with Crippen molar-refractivity contribution in [3.8, 4) is 0 Å². The summed E-state index contributed by atoms with van der Waals surface area (Å²) in [5.41, 5.74) is 0. The van der Waals surface area contributed by atoms with Crippen LogP contribution in [0.25, 0.3) is 0 Å². The second-order valence-corrected chi connectivity index (χ2v) is 25.9. The number of carboxylic acid groups (broad SMARTS) is 8. The van der Waals surface area contributed by atoms with Gasteiger partial charge in [0, 0.05) is 47.8 Å². The van der Waals surface area contributed by atoms with Gasteiger partial charge in [0.2, 0.25) is 0 Å². The van der Waals surface area contributed by atoms with E-state index in [0.717, 1.165) is 103 Å². The number of unbranched alkanes of at least 4 members (excludes halogenated alkanes) is 48. The SMILES string of the molecule is CCCCCCCCCC(=O)[O-].CCCCCCCCCC(=O)[O-].CCCCCCCCCC(=O)[O-].CCCCCCCCCC(=O)[O-].CCCCCCCCCC(=O)[O-].CCCCCCCCCC(=O)[O-].CCCCCCCCCC(=O)[O-].CCCCCCCCCC(=O)[O-].[SnH2+2].[SnH2+2].[SnH2+2].[SnH2+2]. The van der Waals surface area contributed by atoms with E-state index in [4.69, 9.17) is 0 Å². The third kappa shape index (κ3) is 177. The molecule has 0 unspecified atom stereocenters. The monoisotopic (exact) mass is 1860 g/mol. The van der Waals surface area contributed by atoms with Crippen molar-refractivity contribution < 1.29 is 79.2 Å². The second kappa shape index (κ2) is 122. The van der Waals surface area contributed by atoms with Crippen molar-refractivity contribution in [1.82, 2.24) is 0 Å². The fourth-order valence-electron chi connectivity index (χ4n) is 9.81. The molecule has 20 heteroatoms.